The lowest BCUT2D eigenvalue weighted by molar-refractivity contribution is -0.142. The third-order valence-electron chi connectivity index (χ3n) is 2.87. The van der Waals surface area contributed by atoms with Crippen molar-refractivity contribution in [1.29, 1.82) is 0 Å². The molecule has 0 saturated heterocycles. The standard InChI is InChI=1S/C15H14ClNO3S/c1-9(15(19)20-2)17-14(18)13-8-7-12(21-13)10-5-3-4-6-11(10)16/h3-9H,1-2H3,(H,17,18)/t9-/m0/s1. The second-order valence-corrected chi connectivity index (χ2v) is 5.85. The Hall–Kier alpha value is -1.85. The number of thiophene rings is 1. The van der Waals surface area contributed by atoms with Crippen LogP contribution in [0.2, 0.25) is 5.02 Å². The number of carbonyl (C=O) groups is 2. The molecule has 2 aromatic rings. The summed E-state index contributed by atoms with van der Waals surface area (Å²) >= 11 is 7.46. The van der Waals surface area contributed by atoms with Crippen molar-refractivity contribution in [3.63, 3.8) is 0 Å². The molecule has 1 aromatic heterocycles. The largest absolute Gasteiger partial charge is 0.467 e. The SMILES string of the molecule is COC(=O)[C@H](C)NC(=O)c1ccc(-c2ccccc2Cl)s1. The van der Waals surface area contributed by atoms with Crippen LogP contribution in [0.4, 0.5) is 0 Å². The molecule has 0 bridgehead atoms. The number of halogens is 1. The Bertz CT molecular complexity index is 668. The first-order chi connectivity index (χ1) is 10.0. The van der Waals surface area contributed by atoms with Gasteiger partial charge in [-0.05, 0) is 25.1 Å². The van der Waals surface area contributed by atoms with Crippen molar-refractivity contribution in [2.75, 3.05) is 7.11 Å². The van der Waals surface area contributed by atoms with Gasteiger partial charge in [0, 0.05) is 15.5 Å². The van der Waals surface area contributed by atoms with Crippen LogP contribution in [0.3, 0.4) is 0 Å². The number of hydrogen-bond acceptors (Lipinski definition) is 4. The molecule has 4 nitrogen and oxygen atoms in total. The van der Waals surface area contributed by atoms with Crippen LogP contribution in [-0.4, -0.2) is 25.0 Å². The normalized spacial score (nSPS) is 11.8. The second-order valence-electron chi connectivity index (χ2n) is 4.36. The van der Waals surface area contributed by atoms with Crippen LogP contribution in [0.15, 0.2) is 36.4 Å². The number of esters is 1. The van der Waals surface area contributed by atoms with E-state index in [1.54, 1.807) is 19.1 Å². The predicted molar refractivity (Wildman–Crippen MR) is 83.7 cm³/mol. The summed E-state index contributed by atoms with van der Waals surface area (Å²) in [6.45, 7) is 1.58. The van der Waals surface area contributed by atoms with E-state index in [-0.39, 0.29) is 5.91 Å². The molecule has 0 spiro atoms. The average molecular weight is 324 g/mol. The van der Waals surface area contributed by atoms with Crippen molar-refractivity contribution >= 4 is 34.8 Å². The van der Waals surface area contributed by atoms with Gasteiger partial charge in [0.25, 0.3) is 5.91 Å². The fourth-order valence-corrected chi connectivity index (χ4v) is 3.01. The van der Waals surface area contributed by atoms with Crippen LogP contribution in [0.1, 0.15) is 16.6 Å². The van der Waals surface area contributed by atoms with Gasteiger partial charge in [-0.25, -0.2) is 4.79 Å². The highest BCUT2D eigenvalue weighted by molar-refractivity contribution is 7.17. The highest BCUT2D eigenvalue weighted by Crippen LogP contribution is 2.33. The van der Waals surface area contributed by atoms with Crippen molar-refractivity contribution in [3.8, 4) is 10.4 Å². The first kappa shape index (κ1) is 15.5. The summed E-state index contributed by atoms with van der Waals surface area (Å²) in [5.74, 6) is -0.789. The summed E-state index contributed by atoms with van der Waals surface area (Å²) in [5.41, 5.74) is 0.879. The number of rotatable bonds is 4. The predicted octanol–water partition coefficient (Wildman–Crippen LogP) is 3.36. The van der Waals surface area contributed by atoms with Crippen LogP contribution >= 0.6 is 22.9 Å². The lowest BCUT2D eigenvalue weighted by atomic mass is 10.2. The van der Waals surface area contributed by atoms with Gasteiger partial charge in [-0.2, -0.15) is 0 Å². The van der Waals surface area contributed by atoms with Crippen molar-refractivity contribution in [2.24, 2.45) is 0 Å². The number of methoxy groups -OCH3 is 1. The van der Waals surface area contributed by atoms with Gasteiger partial charge in [0.15, 0.2) is 0 Å². The van der Waals surface area contributed by atoms with Crippen LogP contribution in [0, 0.1) is 0 Å². The molecule has 110 valence electrons. The number of benzene rings is 1. The maximum Gasteiger partial charge on any atom is 0.328 e. The van der Waals surface area contributed by atoms with E-state index in [2.05, 4.69) is 10.1 Å². The minimum atomic E-state index is -0.687. The first-order valence-electron chi connectivity index (χ1n) is 6.26. The zero-order chi connectivity index (χ0) is 15.4. The van der Waals surface area contributed by atoms with Gasteiger partial charge in [-0.15, -0.1) is 11.3 Å². The van der Waals surface area contributed by atoms with Crippen LogP contribution < -0.4 is 5.32 Å². The van der Waals surface area contributed by atoms with Crippen LogP contribution in [-0.2, 0) is 9.53 Å². The van der Waals surface area contributed by atoms with Crippen molar-refractivity contribution in [3.05, 3.63) is 46.3 Å². The fraction of sp³-hybridized carbons (Fsp3) is 0.200. The van der Waals surface area contributed by atoms with E-state index in [1.165, 1.54) is 18.4 Å². The summed E-state index contributed by atoms with van der Waals surface area (Å²) < 4.78 is 4.57. The van der Waals surface area contributed by atoms with E-state index >= 15 is 0 Å². The number of amides is 1. The summed E-state index contributed by atoms with van der Waals surface area (Å²) in [7, 11) is 1.28. The molecule has 0 aliphatic carbocycles. The van der Waals surface area contributed by atoms with Gasteiger partial charge in [0.2, 0.25) is 0 Å². The van der Waals surface area contributed by atoms with Crippen molar-refractivity contribution in [2.45, 2.75) is 13.0 Å². The molecule has 1 amide bonds. The third kappa shape index (κ3) is 3.62. The molecule has 1 N–H and O–H groups in total. The van der Waals surface area contributed by atoms with E-state index in [4.69, 9.17) is 11.6 Å². The number of hydrogen-bond donors (Lipinski definition) is 1. The summed E-state index contributed by atoms with van der Waals surface area (Å²) in [6, 6.07) is 10.3. The molecule has 1 aromatic carbocycles. The van der Waals surface area contributed by atoms with Crippen LogP contribution in [0.5, 0.6) is 0 Å². The van der Waals surface area contributed by atoms with Gasteiger partial charge in [-0.3, -0.25) is 4.79 Å². The fourth-order valence-electron chi connectivity index (χ4n) is 1.77. The lowest BCUT2D eigenvalue weighted by Crippen LogP contribution is -2.38. The zero-order valence-corrected chi connectivity index (χ0v) is 13.1. The Balaban J connectivity index is 2.15. The number of nitrogens with one attached hydrogen (secondary N) is 1. The highest BCUT2D eigenvalue weighted by Gasteiger charge is 2.18. The first-order valence-corrected chi connectivity index (χ1v) is 7.46. The van der Waals surface area contributed by atoms with Gasteiger partial charge in [-0.1, -0.05) is 29.8 Å². The molecule has 21 heavy (non-hydrogen) atoms. The Morgan fingerprint density at radius 1 is 1.24 bits per heavy atom. The molecule has 1 heterocycles. The molecule has 0 fully saturated rings. The Morgan fingerprint density at radius 2 is 1.95 bits per heavy atom. The number of ether oxygens (including phenoxy) is 1. The molecule has 0 saturated carbocycles. The maximum atomic E-state index is 12.1. The van der Waals surface area contributed by atoms with Gasteiger partial charge in [0.1, 0.15) is 6.04 Å². The Morgan fingerprint density at radius 3 is 2.62 bits per heavy atom. The van der Waals surface area contributed by atoms with Gasteiger partial charge >= 0.3 is 5.97 Å². The van der Waals surface area contributed by atoms with E-state index < -0.39 is 12.0 Å². The summed E-state index contributed by atoms with van der Waals surface area (Å²) in [4.78, 5) is 24.8. The molecular weight excluding hydrogens is 310 g/mol. The van der Waals surface area contributed by atoms with E-state index in [1.807, 2.05) is 24.3 Å². The quantitative estimate of drug-likeness (QED) is 0.878. The molecule has 0 aliphatic heterocycles. The van der Waals surface area contributed by atoms with E-state index in [0.29, 0.717) is 9.90 Å². The Labute approximate surface area is 131 Å². The molecule has 1 atom stereocenters. The maximum absolute atomic E-state index is 12.1. The molecule has 0 unspecified atom stereocenters. The smallest absolute Gasteiger partial charge is 0.328 e. The summed E-state index contributed by atoms with van der Waals surface area (Å²) in [6.07, 6.45) is 0. The molecule has 2 rings (SSSR count). The van der Waals surface area contributed by atoms with Gasteiger partial charge < -0.3 is 10.1 Å². The zero-order valence-electron chi connectivity index (χ0n) is 11.6. The number of carbonyl (C=O) groups excluding carboxylic acids is 2. The molecule has 0 aliphatic rings. The molecule has 6 heteroatoms. The molecule has 0 radical (unpaired) electrons. The molecular formula is C15H14ClNO3S. The minimum Gasteiger partial charge on any atom is -0.467 e. The average Bonchev–Trinajstić information content (AvgIpc) is 2.96. The van der Waals surface area contributed by atoms with E-state index in [9.17, 15) is 9.59 Å². The van der Waals surface area contributed by atoms with Crippen molar-refractivity contribution < 1.29 is 14.3 Å². The highest BCUT2D eigenvalue weighted by atomic mass is 35.5. The third-order valence-corrected chi connectivity index (χ3v) is 4.32. The lowest BCUT2D eigenvalue weighted by Gasteiger charge is -2.10. The van der Waals surface area contributed by atoms with E-state index in [0.717, 1.165) is 10.4 Å². The Kier molecular flexibility index (Phi) is 4.98. The topological polar surface area (TPSA) is 55.4 Å². The summed E-state index contributed by atoms with van der Waals surface area (Å²) in [5, 5.41) is 3.22. The monoisotopic (exact) mass is 323 g/mol. The van der Waals surface area contributed by atoms with Crippen LogP contribution in [0.25, 0.3) is 10.4 Å². The minimum absolute atomic E-state index is 0.309. The van der Waals surface area contributed by atoms with Crippen molar-refractivity contribution in [1.82, 2.24) is 5.32 Å². The van der Waals surface area contributed by atoms with Gasteiger partial charge in [0.05, 0.1) is 12.0 Å². The second kappa shape index (κ2) is 6.74.